The van der Waals surface area contributed by atoms with Crippen LogP contribution in [0.3, 0.4) is 0 Å². The summed E-state index contributed by atoms with van der Waals surface area (Å²) in [5.74, 6) is -0.581. The Balaban J connectivity index is 2.23. The summed E-state index contributed by atoms with van der Waals surface area (Å²) in [5, 5.41) is 8.77. The molecule has 92 valence electrons. The summed E-state index contributed by atoms with van der Waals surface area (Å²) < 4.78 is 5.21. The molecule has 0 aliphatic carbocycles. The van der Waals surface area contributed by atoms with Crippen molar-refractivity contribution in [3.63, 3.8) is 0 Å². The van der Waals surface area contributed by atoms with Gasteiger partial charge in [-0.15, -0.1) is 0 Å². The molecule has 0 saturated carbocycles. The summed E-state index contributed by atoms with van der Waals surface area (Å²) in [6.07, 6.45) is 3.79. The second-order valence-corrected chi connectivity index (χ2v) is 3.73. The maximum absolute atomic E-state index is 10.7. The van der Waals surface area contributed by atoms with Gasteiger partial charge in [-0.05, 0) is 17.7 Å². The van der Waals surface area contributed by atoms with Crippen molar-refractivity contribution < 1.29 is 14.3 Å². The number of carboxylic acids is 1. The van der Waals surface area contributed by atoms with Gasteiger partial charge in [0.1, 0.15) is 5.76 Å². The van der Waals surface area contributed by atoms with Crippen molar-refractivity contribution in [3.8, 4) is 11.3 Å². The molecule has 4 heteroatoms. The Morgan fingerprint density at radius 2 is 1.94 bits per heavy atom. The molecule has 0 fully saturated rings. The smallest absolute Gasteiger partial charge is 0.371 e. The average molecular weight is 243 g/mol. The van der Waals surface area contributed by atoms with Gasteiger partial charge in [-0.25, -0.2) is 4.79 Å². The fourth-order valence-electron chi connectivity index (χ4n) is 1.57. The zero-order valence-corrected chi connectivity index (χ0v) is 9.67. The molecule has 0 saturated heterocycles. The molecule has 2 aromatic rings. The van der Waals surface area contributed by atoms with Gasteiger partial charge in [0, 0.05) is 12.1 Å². The first-order chi connectivity index (χ1) is 8.70. The molecule has 0 atom stereocenters. The van der Waals surface area contributed by atoms with Crippen molar-refractivity contribution in [2.75, 3.05) is 6.54 Å². The SMILES string of the molecule is NCC=Cc1ccc(-c2ccc(C(=O)O)o2)cc1. The number of aromatic carboxylic acids is 1. The predicted molar refractivity (Wildman–Crippen MR) is 69.2 cm³/mol. The van der Waals surface area contributed by atoms with Crippen LogP contribution in [0.15, 0.2) is 46.9 Å². The monoisotopic (exact) mass is 243 g/mol. The quantitative estimate of drug-likeness (QED) is 0.865. The Kier molecular flexibility index (Phi) is 3.60. The largest absolute Gasteiger partial charge is 0.475 e. The molecule has 0 aliphatic heterocycles. The minimum absolute atomic E-state index is 0.0582. The molecule has 1 heterocycles. The minimum atomic E-state index is -1.07. The second kappa shape index (κ2) is 5.33. The molecule has 18 heavy (non-hydrogen) atoms. The number of nitrogens with two attached hydrogens (primary N) is 1. The highest BCUT2D eigenvalue weighted by Gasteiger charge is 2.09. The number of furan rings is 1. The number of benzene rings is 1. The first-order valence-electron chi connectivity index (χ1n) is 5.51. The van der Waals surface area contributed by atoms with E-state index in [4.69, 9.17) is 15.3 Å². The predicted octanol–water partition coefficient (Wildman–Crippen LogP) is 2.62. The van der Waals surface area contributed by atoms with Crippen LogP contribution in [0.4, 0.5) is 0 Å². The Bertz CT molecular complexity index is 567. The lowest BCUT2D eigenvalue weighted by Crippen LogP contribution is -1.92. The number of hydrogen-bond donors (Lipinski definition) is 2. The van der Waals surface area contributed by atoms with Crippen molar-refractivity contribution >= 4 is 12.0 Å². The van der Waals surface area contributed by atoms with Crippen LogP contribution in [0.5, 0.6) is 0 Å². The Hall–Kier alpha value is -2.33. The van der Waals surface area contributed by atoms with Gasteiger partial charge in [-0.2, -0.15) is 0 Å². The standard InChI is InChI=1S/C14H13NO3/c15-9-1-2-10-3-5-11(6-4-10)12-7-8-13(18-12)14(16)17/h1-8H,9,15H2,(H,16,17). The second-order valence-electron chi connectivity index (χ2n) is 3.73. The first kappa shape index (κ1) is 12.1. The molecule has 0 radical (unpaired) electrons. The van der Waals surface area contributed by atoms with E-state index < -0.39 is 5.97 Å². The maximum Gasteiger partial charge on any atom is 0.371 e. The van der Waals surface area contributed by atoms with E-state index >= 15 is 0 Å². The Morgan fingerprint density at radius 1 is 1.22 bits per heavy atom. The molecule has 3 N–H and O–H groups in total. The highest BCUT2D eigenvalue weighted by Crippen LogP contribution is 2.22. The third kappa shape index (κ3) is 2.67. The van der Waals surface area contributed by atoms with E-state index in [1.807, 2.05) is 36.4 Å². The summed E-state index contributed by atoms with van der Waals surface area (Å²) in [5.41, 5.74) is 7.25. The van der Waals surface area contributed by atoms with Gasteiger partial charge < -0.3 is 15.3 Å². The highest BCUT2D eigenvalue weighted by atomic mass is 16.4. The van der Waals surface area contributed by atoms with E-state index in [0.29, 0.717) is 12.3 Å². The van der Waals surface area contributed by atoms with Gasteiger partial charge in [0.05, 0.1) is 0 Å². The van der Waals surface area contributed by atoms with E-state index in [0.717, 1.165) is 11.1 Å². The minimum Gasteiger partial charge on any atom is -0.475 e. The number of carbonyl (C=O) groups is 1. The molecular weight excluding hydrogens is 230 g/mol. The number of hydrogen-bond acceptors (Lipinski definition) is 3. The van der Waals surface area contributed by atoms with Crippen molar-refractivity contribution in [1.29, 1.82) is 0 Å². The van der Waals surface area contributed by atoms with Gasteiger partial charge >= 0.3 is 5.97 Å². The topological polar surface area (TPSA) is 76.5 Å². The molecule has 1 aromatic carbocycles. The molecule has 0 bridgehead atoms. The van der Waals surface area contributed by atoms with Crippen molar-refractivity contribution in [1.82, 2.24) is 0 Å². The van der Waals surface area contributed by atoms with Crippen molar-refractivity contribution in [2.45, 2.75) is 0 Å². The molecular formula is C14H13NO3. The third-order valence-electron chi connectivity index (χ3n) is 2.46. The Labute approximate surface area is 104 Å². The van der Waals surface area contributed by atoms with E-state index in [2.05, 4.69) is 0 Å². The van der Waals surface area contributed by atoms with E-state index in [1.54, 1.807) is 6.07 Å². The molecule has 0 unspecified atom stereocenters. The van der Waals surface area contributed by atoms with Crippen LogP contribution < -0.4 is 5.73 Å². The lowest BCUT2D eigenvalue weighted by Gasteiger charge is -1.98. The van der Waals surface area contributed by atoms with Gasteiger partial charge in [0.2, 0.25) is 5.76 Å². The summed E-state index contributed by atoms with van der Waals surface area (Å²) in [6, 6.07) is 10.7. The van der Waals surface area contributed by atoms with Crippen molar-refractivity contribution in [2.24, 2.45) is 5.73 Å². The molecule has 0 aliphatic rings. The van der Waals surface area contributed by atoms with Gasteiger partial charge in [0.15, 0.2) is 0 Å². The fraction of sp³-hybridized carbons (Fsp3) is 0.0714. The lowest BCUT2D eigenvalue weighted by atomic mass is 10.1. The fourth-order valence-corrected chi connectivity index (χ4v) is 1.57. The van der Waals surface area contributed by atoms with Gasteiger partial charge in [-0.1, -0.05) is 36.4 Å². The van der Waals surface area contributed by atoms with Crippen LogP contribution in [0.1, 0.15) is 16.1 Å². The van der Waals surface area contributed by atoms with Crippen molar-refractivity contribution in [3.05, 3.63) is 53.8 Å². The summed E-state index contributed by atoms with van der Waals surface area (Å²) in [6.45, 7) is 0.502. The highest BCUT2D eigenvalue weighted by molar-refractivity contribution is 5.85. The van der Waals surface area contributed by atoms with Crippen LogP contribution in [0.25, 0.3) is 17.4 Å². The van der Waals surface area contributed by atoms with Gasteiger partial charge in [-0.3, -0.25) is 0 Å². The Morgan fingerprint density at radius 3 is 2.50 bits per heavy atom. The first-order valence-corrected chi connectivity index (χ1v) is 5.51. The number of rotatable bonds is 4. The van der Waals surface area contributed by atoms with Crippen LogP contribution in [-0.4, -0.2) is 17.6 Å². The van der Waals surface area contributed by atoms with E-state index in [1.165, 1.54) is 6.07 Å². The van der Waals surface area contributed by atoms with Crippen LogP contribution in [0, 0.1) is 0 Å². The molecule has 4 nitrogen and oxygen atoms in total. The molecule has 1 aromatic heterocycles. The van der Waals surface area contributed by atoms with E-state index in [-0.39, 0.29) is 5.76 Å². The zero-order chi connectivity index (χ0) is 13.0. The third-order valence-corrected chi connectivity index (χ3v) is 2.46. The molecule has 2 rings (SSSR count). The van der Waals surface area contributed by atoms with Gasteiger partial charge in [0.25, 0.3) is 0 Å². The molecule has 0 spiro atoms. The number of carboxylic acid groups (broad SMARTS) is 1. The summed E-state index contributed by atoms with van der Waals surface area (Å²) in [4.78, 5) is 10.7. The lowest BCUT2D eigenvalue weighted by molar-refractivity contribution is 0.0663. The maximum atomic E-state index is 10.7. The molecule has 0 amide bonds. The van der Waals surface area contributed by atoms with Crippen LogP contribution >= 0.6 is 0 Å². The zero-order valence-electron chi connectivity index (χ0n) is 9.67. The average Bonchev–Trinajstić information content (AvgIpc) is 2.87. The summed E-state index contributed by atoms with van der Waals surface area (Å²) in [7, 11) is 0. The van der Waals surface area contributed by atoms with E-state index in [9.17, 15) is 4.79 Å². The van der Waals surface area contributed by atoms with Crippen LogP contribution in [-0.2, 0) is 0 Å². The van der Waals surface area contributed by atoms with Crippen LogP contribution in [0.2, 0.25) is 0 Å². The normalized spacial score (nSPS) is 10.9. The summed E-state index contributed by atoms with van der Waals surface area (Å²) >= 11 is 0.